The molecular weight excluding hydrogens is 410 g/mol. The van der Waals surface area contributed by atoms with Gasteiger partial charge in [-0.1, -0.05) is 54.2 Å². The van der Waals surface area contributed by atoms with E-state index < -0.39 is 0 Å². The smallest absolute Gasteiger partial charge is 0.262 e. The Kier molecular flexibility index (Phi) is 7.04. The molecule has 0 aliphatic carbocycles. The lowest BCUT2D eigenvalue weighted by Crippen LogP contribution is -2.44. The highest BCUT2D eigenvalue weighted by molar-refractivity contribution is 8.00. The van der Waals surface area contributed by atoms with Gasteiger partial charge in [-0.05, 0) is 37.5 Å². The van der Waals surface area contributed by atoms with Crippen LogP contribution in [0.15, 0.2) is 64.5 Å². The topological polar surface area (TPSA) is 64.4 Å². The zero-order chi connectivity index (χ0) is 21.6. The van der Waals surface area contributed by atoms with E-state index in [4.69, 9.17) is 9.72 Å². The van der Waals surface area contributed by atoms with Gasteiger partial charge >= 0.3 is 0 Å². The van der Waals surface area contributed by atoms with Gasteiger partial charge < -0.3 is 9.64 Å². The number of morpholine rings is 1. The van der Waals surface area contributed by atoms with E-state index in [0.717, 1.165) is 12.8 Å². The lowest BCUT2D eigenvalue weighted by atomic mass is 10.1. The van der Waals surface area contributed by atoms with Crippen molar-refractivity contribution >= 4 is 28.6 Å². The van der Waals surface area contributed by atoms with E-state index >= 15 is 0 Å². The fourth-order valence-corrected chi connectivity index (χ4v) is 4.79. The molecule has 4 rings (SSSR count). The molecule has 0 spiro atoms. The summed E-state index contributed by atoms with van der Waals surface area (Å²) in [7, 11) is 0. The second kappa shape index (κ2) is 10.1. The van der Waals surface area contributed by atoms with Gasteiger partial charge in [-0.25, -0.2) is 4.98 Å². The molecular formula is C24H27N3O3S. The van der Waals surface area contributed by atoms with Crippen molar-refractivity contribution in [1.29, 1.82) is 0 Å². The summed E-state index contributed by atoms with van der Waals surface area (Å²) in [6.07, 6.45) is 1.70. The maximum atomic E-state index is 13.2. The Bertz CT molecular complexity index is 1090. The highest BCUT2D eigenvalue weighted by atomic mass is 32.2. The third kappa shape index (κ3) is 5.17. The predicted molar refractivity (Wildman–Crippen MR) is 123 cm³/mol. The van der Waals surface area contributed by atoms with E-state index in [9.17, 15) is 9.59 Å². The maximum absolute atomic E-state index is 13.2. The van der Waals surface area contributed by atoms with Gasteiger partial charge in [-0.2, -0.15) is 0 Å². The number of aromatic nitrogens is 2. The molecule has 1 atom stereocenters. The van der Waals surface area contributed by atoms with E-state index in [2.05, 4.69) is 12.1 Å². The molecule has 0 bridgehead atoms. The number of hydrogen-bond donors (Lipinski definition) is 0. The number of hydrogen-bond acceptors (Lipinski definition) is 5. The number of carbonyl (C=O) groups excluding carboxylic acids is 1. The summed E-state index contributed by atoms with van der Waals surface area (Å²) < 4.78 is 7.09. The molecule has 1 aliphatic rings. The summed E-state index contributed by atoms with van der Waals surface area (Å²) in [6.45, 7) is 4.81. The van der Waals surface area contributed by atoms with Crippen LogP contribution in [0.5, 0.6) is 0 Å². The van der Waals surface area contributed by atoms with Crippen LogP contribution in [0.1, 0.15) is 18.9 Å². The first-order valence-corrected chi connectivity index (χ1v) is 11.6. The molecule has 1 aromatic heterocycles. The molecule has 0 radical (unpaired) electrons. The fourth-order valence-electron chi connectivity index (χ4n) is 3.77. The highest BCUT2D eigenvalue weighted by Crippen LogP contribution is 2.24. The van der Waals surface area contributed by atoms with Crippen molar-refractivity contribution in [2.45, 2.75) is 36.7 Å². The first-order chi connectivity index (χ1) is 15.1. The molecule has 2 heterocycles. The first-order valence-electron chi connectivity index (χ1n) is 10.7. The van der Waals surface area contributed by atoms with Crippen LogP contribution in [0.3, 0.4) is 0 Å². The van der Waals surface area contributed by atoms with Crippen LogP contribution in [0, 0.1) is 0 Å². The number of para-hydroxylation sites is 1. The van der Waals surface area contributed by atoms with Crippen molar-refractivity contribution in [3.8, 4) is 0 Å². The standard InChI is InChI=1S/C24H27N3O3S/c1-18(22(28)26-14-16-30-17-15-26)31-24-25-21-12-6-5-11-20(21)23(29)27(24)13-7-10-19-8-3-2-4-9-19/h2-6,8-9,11-12,18H,7,10,13-17H2,1H3. The molecule has 6 nitrogen and oxygen atoms in total. The van der Waals surface area contributed by atoms with E-state index in [1.54, 1.807) is 4.57 Å². The molecule has 1 fully saturated rings. The molecule has 2 aromatic carbocycles. The maximum Gasteiger partial charge on any atom is 0.262 e. The zero-order valence-electron chi connectivity index (χ0n) is 17.7. The van der Waals surface area contributed by atoms with Crippen molar-refractivity contribution in [2.75, 3.05) is 26.3 Å². The van der Waals surface area contributed by atoms with Crippen LogP contribution in [-0.2, 0) is 22.5 Å². The zero-order valence-corrected chi connectivity index (χ0v) is 18.5. The summed E-state index contributed by atoms with van der Waals surface area (Å²) in [6, 6.07) is 17.7. The minimum absolute atomic E-state index is 0.0489. The van der Waals surface area contributed by atoms with Crippen LogP contribution < -0.4 is 5.56 Å². The molecule has 0 saturated carbocycles. The summed E-state index contributed by atoms with van der Waals surface area (Å²) in [5.74, 6) is 0.0616. The third-order valence-electron chi connectivity index (χ3n) is 5.47. The number of fused-ring (bicyclic) bond motifs is 1. The lowest BCUT2D eigenvalue weighted by Gasteiger charge is -2.29. The first kappa shape index (κ1) is 21.6. The van der Waals surface area contributed by atoms with Gasteiger partial charge in [0.25, 0.3) is 5.56 Å². The number of aryl methyl sites for hydroxylation is 1. The van der Waals surface area contributed by atoms with Crippen LogP contribution in [0.4, 0.5) is 0 Å². The molecule has 162 valence electrons. The van der Waals surface area contributed by atoms with Crippen molar-refractivity contribution in [2.24, 2.45) is 0 Å². The van der Waals surface area contributed by atoms with Crippen LogP contribution in [-0.4, -0.2) is 51.9 Å². The SMILES string of the molecule is CC(Sc1nc2ccccc2c(=O)n1CCCc1ccccc1)C(=O)N1CCOCC1. The quantitative estimate of drug-likeness (QED) is 0.419. The summed E-state index contributed by atoms with van der Waals surface area (Å²) in [5.41, 5.74) is 1.86. The van der Waals surface area contributed by atoms with Crippen LogP contribution in [0.25, 0.3) is 10.9 Å². The van der Waals surface area contributed by atoms with Crippen LogP contribution in [0.2, 0.25) is 0 Å². The normalized spacial score (nSPS) is 15.2. The number of amides is 1. The van der Waals surface area contributed by atoms with Gasteiger partial charge in [0.2, 0.25) is 5.91 Å². The minimum Gasteiger partial charge on any atom is -0.378 e. The van der Waals surface area contributed by atoms with Gasteiger partial charge in [-0.15, -0.1) is 0 Å². The number of thioether (sulfide) groups is 1. The molecule has 31 heavy (non-hydrogen) atoms. The minimum atomic E-state index is -0.327. The van der Waals surface area contributed by atoms with E-state index in [0.29, 0.717) is 48.9 Å². The van der Waals surface area contributed by atoms with Crippen molar-refractivity contribution in [1.82, 2.24) is 14.5 Å². The molecule has 3 aromatic rings. The summed E-state index contributed by atoms with van der Waals surface area (Å²) >= 11 is 1.37. The van der Waals surface area contributed by atoms with Gasteiger partial charge in [0.1, 0.15) is 0 Å². The Labute approximate surface area is 186 Å². The second-order valence-corrected chi connectivity index (χ2v) is 8.96. The predicted octanol–water partition coefficient (Wildman–Crippen LogP) is 3.37. The Balaban J connectivity index is 1.57. The lowest BCUT2D eigenvalue weighted by molar-refractivity contribution is -0.134. The van der Waals surface area contributed by atoms with E-state index in [1.165, 1.54) is 17.3 Å². The molecule has 1 aliphatic heterocycles. The van der Waals surface area contributed by atoms with E-state index in [1.807, 2.05) is 54.3 Å². The van der Waals surface area contributed by atoms with Gasteiger partial charge in [0, 0.05) is 19.6 Å². The van der Waals surface area contributed by atoms with Crippen molar-refractivity contribution in [3.05, 3.63) is 70.5 Å². The largest absolute Gasteiger partial charge is 0.378 e. The number of nitrogens with zero attached hydrogens (tertiary/aromatic N) is 3. The number of ether oxygens (including phenoxy) is 1. The Morgan fingerprint density at radius 3 is 2.58 bits per heavy atom. The Hall–Kier alpha value is -2.64. The van der Waals surface area contributed by atoms with E-state index in [-0.39, 0.29) is 16.7 Å². The molecule has 7 heteroatoms. The van der Waals surface area contributed by atoms with Crippen LogP contribution >= 0.6 is 11.8 Å². The van der Waals surface area contributed by atoms with Gasteiger partial charge in [0.15, 0.2) is 5.16 Å². The number of carbonyl (C=O) groups is 1. The van der Waals surface area contributed by atoms with Crippen molar-refractivity contribution < 1.29 is 9.53 Å². The Morgan fingerprint density at radius 1 is 1.10 bits per heavy atom. The average molecular weight is 438 g/mol. The van der Waals surface area contributed by atoms with Gasteiger partial charge in [-0.3, -0.25) is 14.2 Å². The monoisotopic (exact) mass is 437 g/mol. The third-order valence-corrected chi connectivity index (χ3v) is 6.55. The molecule has 1 unspecified atom stereocenters. The highest BCUT2D eigenvalue weighted by Gasteiger charge is 2.25. The number of rotatable bonds is 7. The molecule has 1 saturated heterocycles. The fraction of sp³-hybridized carbons (Fsp3) is 0.375. The molecule has 0 N–H and O–H groups in total. The average Bonchev–Trinajstić information content (AvgIpc) is 2.82. The summed E-state index contributed by atoms with van der Waals surface area (Å²) in [4.78, 5) is 32.7. The Morgan fingerprint density at radius 2 is 1.81 bits per heavy atom. The number of benzene rings is 2. The van der Waals surface area contributed by atoms with Crippen molar-refractivity contribution in [3.63, 3.8) is 0 Å². The second-order valence-electron chi connectivity index (χ2n) is 7.66. The molecule has 1 amide bonds. The van der Waals surface area contributed by atoms with Gasteiger partial charge in [0.05, 0.1) is 29.4 Å². The summed E-state index contributed by atoms with van der Waals surface area (Å²) in [5, 5.41) is 0.885.